The highest BCUT2D eigenvalue weighted by atomic mass is 16.5. The Balaban J connectivity index is 2.15. The molecule has 1 atom stereocenters. The lowest BCUT2D eigenvalue weighted by Crippen LogP contribution is -2.50. The Kier molecular flexibility index (Phi) is 8.91. The number of ether oxygens (including phenoxy) is 2. The van der Waals surface area contributed by atoms with E-state index in [1.165, 1.54) is 10.5 Å². The van der Waals surface area contributed by atoms with Crippen molar-refractivity contribution >= 4 is 11.8 Å². The highest BCUT2D eigenvalue weighted by Crippen LogP contribution is 2.20. The van der Waals surface area contributed by atoms with E-state index in [1.807, 2.05) is 62.4 Å². The number of carbonyl (C=O) groups excluding carboxylic acids is 2. The van der Waals surface area contributed by atoms with Gasteiger partial charge in [0.05, 0.1) is 7.11 Å². The molecule has 0 bridgehead atoms. The van der Waals surface area contributed by atoms with Crippen LogP contribution < -0.4 is 14.8 Å². The molecule has 6 nitrogen and oxygen atoms in total. The fraction of sp³-hybridized carbons (Fsp3) is 0.440. The van der Waals surface area contributed by atoms with E-state index in [4.69, 9.17) is 9.47 Å². The third kappa shape index (κ3) is 7.31. The number of nitrogens with one attached hydrogen (secondary N) is 1. The molecular formula is C25H34N2O4. The molecule has 31 heavy (non-hydrogen) atoms. The van der Waals surface area contributed by atoms with Crippen LogP contribution in [-0.2, 0) is 16.1 Å². The lowest BCUT2D eigenvalue weighted by Gasteiger charge is -2.29. The van der Waals surface area contributed by atoms with Crippen LogP contribution in [0.25, 0.3) is 0 Å². The second kappa shape index (κ2) is 11.4. The fourth-order valence-electron chi connectivity index (χ4n) is 3.13. The van der Waals surface area contributed by atoms with Crippen molar-refractivity contribution in [2.24, 2.45) is 0 Å². The molecule has 2 aromatic carbocycles. The molecule has 0 aliphatic rings. The van der Waals surface area contributed by atoms with Crippen molar-refractivity contribution in [3.63, 3.8) is 0 Å². The maximum atomic E-state index is 13.1. The Bertz CT molecular complexity index is 862. The molecule has 168 valence electrons. The third-order valence-corrected chi connectivity index (χ3v) is 4.99. The van der Waals surface area contributed by atoms with Crippen molar-refractivity contribution in [2.75, 3.05) is 13.7 Å². The SMILES string of the molecule is COc1cccc(CN(C(=O)COc2ccc(C(C)C)cc2)[C@@H](C)C(=O)NC(C)C)c1. The van der Waals surface area contributed by atoms with Crippen LogP contribution in [0.5, 0.6) is 11.5 Å². The predicted molar refractivity (Wildman–Crippen MR) is 122 cm³/mol. The smallest absolute Gasteiger partial charge is 0.261 e. The summed E-state index contributed by atoms with van der Waals surface area (Å²) >= 11 is 0. The molecule has 2 aromatic rings. The van der Waals surface area contributed by atoms with Gasteiger partial charge in [-0.15, -0.1) is 0 Å². The molecule has 6 heteroatoms. The van der Waals surface area contributed by atoms with Crippen LogP contribution in [0.2, 0.25) is 0 Å². The van der Waals surface area contributed by atoms with Crippen LogP contribution in [-0.4, -0.2) is 42.5 Å². The summed E-state index contributed by atoms with van der Waals surface area (Å²) in [6, 6.07) is 14.5. The van der Waals surface area contributed by atoms with Crippen LogP contribution in [0.3, 0.4) is 0 Å². The average molecular weight is 427 g/mol. The van der Waals surface area contributed by atoms with Crippen LogP contribution in [0.1, 0.15) is 51.7 Å². The van der Waals surface area contributed by atoms with E-state index >= 15 is 0 Å². The Hall–Kier alpha value is -3.02. The predicted octanol–water partition coefficient (Wildman–Crippen LogP) is 4.14. The first-order valence-corrected chi connectivity index (χ1v) is 10.7. The molecule has 0 aromatic heterocycles. The molecule has 0 saturated heterocycles. The summed E-state index contributed by atoms with van der Waals surface area (Å²) in [6.07, 6.45) is 0. The summed E-state index contributed by atoms with van der Waals surface area (Å²) in [5, 5.41) is 2.88. The van der Waals surface area contributed by atoms with Crippen LogP contribution in [0.4, 0.5) is 0 Å². The number of rotatable bonds is 10. The Labute approximate surface area is 185 Å². The molecule has 0 radical (unpaired) electrons. The first-order valence-electron chi connectivity index (χ1n) is 10.7. The van der Waals surface area contributed by atoms with Gasteiger partial charge in [0.25, 0.3) is 5.91 Å². The van der Waals surface area contributed by atoms with Gasteiger partial charge in [-0.25, -0.2) is 0 Å². The third-order valence-electron chi connectivity index (χ3n) is 4.99. The first kappa shape index (κ1) is 24.3. The normalized spacial score (nSPS) is 11.9. The number of hydrogen-bond acceptors (Lipinski definition) is 4. The second-order valence-electron chi connectivity index (χ2n) is 8.22. The molecule has 2 amide bonds. The summed E-state index contributed by atoms with van der Waals surface area (Å²) in [5.74, 6) is 1.29. The van der Waals surface area contributed by atoms with Crippen molar-refractivity contribution in [3.8, 4) is 11.5 Å². The summed E-state index contributed by atoms with van der Waals surface area (Å²) in [6.45, 7) is 9.89. The highest BCUT2D eigenvalue weighted by Gasteiger charge is 2.27. The lowest BCUT2D eigenvalue weighted by atomic mass is 10.0. The molecule has 0 heterocycles. The molecule has 0 fully saturated rings. The van der Waals surface area contributed by atoms with Gasteiger partial charge in [-0.2, -0.15) is 0 Å². The maximum absolute atomic E-state index is 13.1. The zero-order chi connectivity index (χ0) is 23.0. The average Bonchev–Trinajstić information content (AvgIpc) is 2.75. The van der Waals surface area contributed by atoms with E-state index in [0.29, 0.717) is 17.4 Å². The van der Waals surface area contributed by atoms with Crippen molar-refractivity contribution < 1.29 is 19.1 Å². The van der Waals surface area contributed by atoms with Gasteiger partial charge in [0.2, 0.25) is 5.91 Å². The minimum Gasteiger partial charge on any atom is -0.497 e. The minimum atomic E-state index is -0.645. The minimum absolute atomic E-state index is 0.0144. The van der Waals surface area contributed by atoms with Gasteiger partial charge in [-0.1, -0.05) is 38.1 Å². The molecule has 1 N–H and O–H groups in total. The number of amides is 2. The maximum Gasteiger partial charge on any atom is 0.261 e. The lowest BCUT2D eigenvalue weighted by molar-refractivity contribution is -0.142. The van der Waals surface area contributed by atoms with Gasteiger partial charge < -0.3 is 19.7 Å². The van der Waals surface area contributed by atoms with Gasteiger partial charge in [-0.3, -0.25) is 9.59 Å². The molecule has 0 aliphatic heterocycles. The second-order valence-corrected chi connectivity index (χ2v) is 8.22. The monoisotopic (exact) mass is 426 g/mol. The topological polar surface area (TPSA) is 67.9 Å². The van der Waals surface area contributed by atoms with Crippen molar-refractivity contribution in [3.05, 3.63) is 59.7 Å². The van der Waals surface area contributed by atoms with Gasteiger partial charge in [-0.05, 0) is 62.1 Å². The zero-order valence-electron chi connectivity index (χ0n) is 19.3. The largest absolute Gasteiger partial charge is 0.497 e. The Morgan fingerprint density at radius 1 is 0.968 bits per heavy atom. The van der Waals surface area contributed by atoms with Gasteiger partial charge in [0, 0.05) is 12.6 Å². The molecule has 0 aliphatic carbocycles. The van der Waals surface area contributed by atoms with Crippen LogP contribution in [0.15, 0.2) is 48.5 Å². The molecule has 0 saturated carbocycles. The van der Waals surface area contributed by atoms with Crippen LogP contribution in [0, 0.1) is 0 Å². The molecule has 2 rings (SSSR count). The van der Waals surface area contributed by atoms with Crippen molar-refractivity contribution in [1.29, 1.82) is 0 Å². The molecule has 0 spiro atoms. The van der Waals surface area contributed by atoms with Gasteiger partial charge >= 0.3 is 0 Å². The van der Waals surface area contributed by atoms with E-state index in [9.17, 15) is 9.59 Å². The summed E-state index contributed by atoms with van der Waals surface area (Å²) in [5.41, 5.74) is 2.08. The van der Waals surface area contributed by atoms with Gasteiger partial charge in [0.15, 0.2) is 6.61 Å². The Morgan fingerprint density at radius 2 is 1.65 bits per heavy atom. The Morgan fingerprint density at radius 3 is 2.23 bits per heavy atom. The number of methoxy groups -OCH3 is 1. The zero-order valence-corrected chi connectivity index (χ0v) is 19.3. The quantitative estimate of drug-likeness (QED) is 0.620. The first-order chi connectivity index (χ1) is 14.7. The standard InChI is InChI=1S/C25H34N2O4/c1-17(2)21-10-12-22(13-11-21)31-16-24(28)27(19(5)25(29)26-18(3)4)15-20-8-7-9-23(14-20)30-6/h7-14,17-19H,15-16H2,1-6H3,(H,26,29)/t19-/m0/s1. The number of nitrogens with zero attached hydrogens (tertiary/aromatic N) is 1. The summed E-state index contributed by atoms with van der Waals surface area (Å²) in [7, 11) is 1.60. The number of carbonyl (C=O) groups is 2. The highest BCUT2D eigenvalue weighted by molar-refractivity contribution is 5.88. The summed E-state index contributed by atoms with van der Waals surface area (Å²) in [4.78, 5) is 27.2. The van der Waals surface area contributed by atoms with E-state index in [0.717, 1.165) is 5.56 Å². The van der Waals surface area contributed by atoms with E-state index in [-0.39, 0.29) is 31.0 Å². The van der Waals surface area contributed by atoms with E-state index < -0.39 is 6.04 Å². The van der Waals surface area contributed by atoms with E-state index in [2.05, 4.69) is 19.2 Å². The van der Waals surface area contributed by atoms with Crippen LogP contribution >= 0.6 is 0 Å². The molecular weight excluding hydrogens is 392 g/mol. The van der Waals surface area contributed by atoms with Crippen molar-refractivity contribution in [2.45, 2.75) is 59.2 Å². The van der Waals surface area contributed by atoms with E-state index in [1.54, 1.807) is 14.0 Å². The van der Waals surface area contributed by atoms with Crippen molar-refractivity contribution in [1.82, 2.24) is 10.2 Å². The number of benzene rings is 2. The summed E-state index contributed by atoms with van der Waals surface area (Å²) < 4.78 is 11.0. The number of hydrogen-bond donors (Lipinski definition) is 1. The van der Waals surface area contributed by atoms with Gasteiger partial charge in [0.1, 0.15) is 17.5 Å². The fourth-order valence-corrected chi connectivity index (χ4v) is 3.13. The molecule has 0 unspecified atom stereocenters.